The highest BCUT2D eigenvalue weighted by Gasteiger charge is 2.52. The fourth-order valence-electron chi connectivity index (χ4n) is 3.50. The molecule has 1 atom stereocenters. The van der Waals surface area contributed by atoms with Gasteiger partial charge in [0, 0.05) is 5.56 Å². The molecule has 1 N–H and O–H groups in total. The van der Waals surface area contributed by atoms with Crippen molar-refractivity contribution in [3.63, 3.8) is 0 Å². The van der Waals surface area contributed by atoms with Crippen LogP contribution in [0.1, 0.15) is 5.56 Å². The van der Waals surface area contributed by atoms with E-state index in [0.29, 0.717) is 26.3 Å². The number of amidine groups is 1. The van der Waals surface area contributed by atoms with Gasteiger partial charge in [0.25, 0.3) is 11.6 Å². The van der Waals surface area contributed by atoms with E-state index in [2.05, 4.69) is 21.6 Å². The molecule has 0 saturated carbocycles. The number of nitrogens with zero attached hydrogens (tertiary/aromatic N) is 2. The van der Waals surface area contributed by atoms with Crippen LogP contribution in [0.5, 0.6) is 5.75 Å². The molecule has 0 spiro atoms. The van der Waals surface area contributed by atoms with Crippen molar-refractivity contribution in [1.29, 1.82) is 0 Å². The molecule has 5 nitrogen and oxygen atoms in total. The smallest absolute Gasteiger partial charge is 0.281 e. The number of methoxy groups -OCH3 is 1. The highest BCUT2D eigenvalue weighted by Crippen LogP contribution is 2.34. The number of ether oxygens (including phenoxy) is 2. The molecule has 0 saturated heterocycles. The molecule has 2 aromatic carbocycles. The van der Waals surface area contributed by atoms with E-state index in [4.69, 9.17) is 9.47 Å². The first-order chi connectivity index (χ1) is 11.7. The number of anilines is 1. The van der Waals surface area contributed by atoms with Crippen LogP contribution >= 0.6 is 0 Å². The minimum Gasteiger partial charge on any atom is -0.497 e. The zero-order valence-electron chi connectivity index (χ0n) is 13.7. The van der Waals surface area contributed by atoms with Gasteiger partial charge in [-0.1, -0.05) is 18.2 Å². The molecule has 0 fully saturated rings. The van der Waals surface area contributed by atoms with Gasteiger partial charge in [-0.15, -0.1) is 0 Å². The van der Waals surface area contributed by atoms with E-state index < -0.39 is 5.72 Å². The first-order valence-corrected chi connectivity index (χ1v) is 8.13. The van der Waals surface area contributed by atoms with Crippen molar-refractivity contribution in [3.05, 3.63) is 60.2 Å². The Bertz CT molecular complexity index is 758. The Hall–Kier alpha value is -2.37. The summed E-state index contributed by atoms with van der Waals surface area (Å²) in [6.45, 7) is 2.27. The molecular formula is C19H21N2O3+. The average Bonchev–Trinajstić information content (AvgIpc) is 2.97. The highest BCUT2D eigenvalue weighted by molar-refractivity contribution is 5.96. The molecule has 0 aliphatic carbocycles. The maximum atomic E-state index is 11.5. The Labute approximate surface area is 141 Å². The van der Waals surface area contributed by atoms with E-state index in [-0.39, 0.29) is 0 Å². The highest BCUT2D eigenvalue weighted by atomic mass is 16.5. The first kappa shape index (κ1) is 15.2. The van der Waals surface area contributed by atoms with Gasteiger partial charge in [-0.2, -0.15) is 0 Å². The Kier molecular flexibility index (Phi) is 3.75. The van der Waals surface area contributed by atoms with E-state index >= 15 is 0 Å². The van der Waals surface area contributed by atoms with Gasteiger partial charge in [-0.25, -0.2) is 9.48 Å². The standard InChI is InChI=1S/C19H21N2O3/c1-23-17-9-7-15(8-10-17)19(22)14-20(16-5-3-2-4-6-16)18-13-24-12-11-21(18)19/h2-10,22H,11-14H2,1H3/q+1/t19-/m0/s1. The second-order valence-electron chi connectivity index (χ2n) is 6.09. The zero-order valence-corrected chi connectivity index (χ0v) is 13.7. The second-order valence-corrected chi connectivity index (χ2v) is 6.09. The summed E-state index contributed by atoms with van der Waals surface area (Å²) in [6.07, 6.45) is 0. The SMILES string of the molecule is COc1ccc([C@@]2(O)CN(c3ccccc3)C3=[N+]2CCOC3)cc1. The van der Waals surface area contributed by atoms with Crippen LogP contribution in [0, 0.1) is 0 Å². The van der Waals surface area contributed by atoms with Crippen LogP contribution < -0.4 is 9.64 Å². The van der Waals surface area contributed by atoms with E-state index in [0.717, 1.165) is 22.8 Å². The van der Waals surface area contributed by atoms with Crippen molar-refractivity contribution in [2.45, 2.75) is 5.72 Å². The Morgan fingerprint density at radius 1 is 1.12 bits per heavy atom. The molecule has 2 heterocycles. The summed E-state index contributed by atoms with van der Waals surface area (Å²) in [6, 6.07) is 17.8. The van der Waals surface area contributed by atoms with Crippen molar-refractivity contribution in [3.8, 4) is 5.75 Å². The molecule has 0 aromatic heterocycles. The molecule has 124 valence electrons. The van der Waals surface area contributed by atoms with Crippen LogP contribution in [0.3, 0.4) is 0 Å². The molecule has 2 aliphatic heterocycles. The van der Waals surface area contributed by atoms with Crippen LogP contribution in [0.2, 0.25) is 0 Å². The van der Waals surface area contributed by atoms with Crippen LogP contribution in [-0.4, -0.2) is 48.9 Å². The number of para-hydroxylation sites is 1. The summed E-state index contributed by atoms with van der Waals surface area (Å²) in [5, 5.41) is 11.5. The number of aliphatic hydroxyl groups is 1. The van der Waals surface area contributed by atoms with Gasteiger partial charge in [-0.05, 0) is 36.4 Å². The molecule has 0 unspecified atom stereocenters. The number of hydrogen-bond donors (Lipinski definition) is 1. The summed E-state index contributed by atoms with van der Waals surface area (Å²) < 4.78 is 12.9. The Morgan fingerprint density at radius 2 is 1.88 bits per heavy atom. The predicted molar refractivity (Wildman–Crippen MR) is 91.6 cm³/mol. The fraction of sp³-hybridized carbons (Fsp3) is 0.316. The quantitative estimate of drug-likeness (QED) is 0.874. The van der Waals surface area contributed by atoms with Gasteiger partial charge < -0.3 is 14.6 Å². The summed E-state index contributed by atoms with van der Waals surface area (Å²) in [5.41, 5.74) is 0.856. The molecule has 5 heteroatoms. The molecule has 4 rings (SSSR count). The average molecular weight is 325 g/mol. The van der Waals surface area contributed by atoms with Crippen molar-refractivity contribution in [2.24, 2.45) is 0 Å². The van der Waals surface area contributed by atoms with Crippen LogP contribution in [-0.2, 0) is 10.5 Å². The monoisotopic (exact) mass is 325 g/mol. The van der Waals surface area contributed by atoms with Crippen molar-refractivity contribution in [1.82, 2.24) is 0 Å². The Morgan fingerprint density at radius 3 is 2.58 bits per heavy atom. The molecule has 0 radical (unpaired) electrons. The fourth-order valence-corrected chi connectivity index (χ4v) is 3.50. The lowest BCUT2D eigenvalue weighted by atomic mass is 10.0. The minimum absolute atomic E-state index is 0.474. The van der Waals surface area contributed by atoms with E-state index in [1.807, 2.05) is 42.5 Å². The molecule has 0 bridgehead atoms. The van der Waals surface area contributed by atoms with Crippen LogP contribution in [0.15, 0.2) is 54.6 Å². The second kappa shape index (κ2) is 5.92. The lowest BCUT2D eigenvalue weighted by Gasteiger charge is -2.24. The normalized spacial score (nSPS) is 23.3. The molecule has 2 aliphatic rings. The van der Waals surface area contributed by atoms with Crippen molar-refractivity contribution < 1.29 is 19.2 Å². The van der Waals surface area contributed by atoms with Gasteiger partial charge in [0.05, 0.1) is 13.7 Å². The van der Waals surface area contributed by atoms with Gasteiger partial charge in [0.1, 0.15) is 24.6 Å². The molecule has 24 heavy (non-hydrogen) atoms. The molecule has 0 amide bonds. The van der Waals surface area contributed by atoms with Gasteiger partial charge >= 0.3 is 0 Å². The molecule has 2 aromatic rings. The van der Waals surface area contributed by atoms with Gasteiger partial charge in [0.2, 0.25) is 0 Å². The van der Waals surface area contributed by atoms with Crippen LogP contribution in [0.4, 0.5) is 5.69 Å². The topological polar surface area (TPSA) is 44.9 Å². The summed E-state index contributed by atoms with van der Waals surface area (Å²) in [4.78, 5) is 2.14. The predicted octanol–water partition coefficient (Wildman–Crippen LogP) is 1.80. The van der Waals surface area contributed by atoms with Crippen LogP contribution in [0.25, 0.3) is 0 Å². The number of hydrogen-bond acceptors (Lipinski definition) is 4. The Balaban J connectivity index is 1.77. The third-order valence-electron chi connectivity index (χ3n) is 4.76. The maximum absolute atomic E-state index is 11.5. The summed E-state index contributed by atoms with van der Waals surface area (Å²) in [5.74, 6) is 1.79. The number of benzene rings is 2. The van der Waals surface area contributed by atoms with Crippen molar-refractivity contribution >= 4 is 11.5 Å². The third-order valence-corrected chi connectivity index (χ3v) is 4.76. The van der Waals surface area contributed by atoms with E-state index in [9.17, 15) is 5.11 Å². The largest absolute Gasteiger partial charge is 0.497 e. The lowest BCUT2D eigenvalue weighted by molar-refractivity contribution is -0.663. The van der Waals surface area contributed by atoms with Gasteiger partial charge in [-0.3, -0.25) is 0 Å². The first-order valence-electron chi connectivity index (χ1n) is 8.13. The lowest BCUT2D eigenvalue weighted by Crippen LogP contribution is -2.43. The summed E-state index contributed by atoms with van der Waals surface area (Å²) >= 11 is 0. The van der Waals surface area contributed by atoms with Crippen molar-refractivity contribution in [2.75, 3.05) is 38.3 Å². The zero-order chi connectivity index (χ0) is 16.6. The number of β-amino-alcohol motifs (C(OH)–C–C–N with tert-alkyl or cyclic N) is 1. The van der Waals surface area contributed by atoms with Gasteiger partial charge in [0.15, 0.2) is 6.54 Å². The maximum Gasteiger partial charge on any atom is 0.281 e. The molecular weight excluding hydrogens is 304 g/mol. The van der Waals surface area contributed by atoms with E-state index in [1.165, 1.54) is 0 Å². The van der Waals surface area contributed by atoms with E-state index in [1.54, 1.807) is 7.11 Å². The third kappa shape index (κ3) is 2.37. The summed E-state index contributed by atoms with van der Waals surface area (Å²) in [7, 11) is 1.64. The number of rotatable bonds is 3. The minimum atomic E-state index is -1.07.